The van der Waals surface area contributed by atoms with E-state index >= 15 is 0 Å². The normalized spacial score (nSPS) is 11.7. The van der Waals surface area contributed by atoms with Crippen LogP contribution in [0.1, 0.15) is 20.8 Å². The van der Waals surface area contributed by atoms with Crippen molar-refractivity contribution in [2.24, 2.45) is 0 Å². The summed E-state index contributed by atoms with van der Waals surface area (Å²) in [4.78, 5) is 23.4. The van der Waals surface area contributed by atoms with E-state index in [-0.39, 0.29) is 6.73 Å². The van der Waals surface area contributed by atoms with Gasteiger partial charge in [0.1, 0.15) is 12.4 Å². The highest BCUT2D eigenvalue weighted by atomic mass is 28.3. The highest BCUT2D eigenvalue weighted by Crippen LogP contribution is 2.22. The first kappa shape index (κ1) is 17.4. The molecule has 0 bridgehead atoms. The minimum atomic E-state index is -1.16. The molecule has 2 aromatic rings. The Kier molecular flexibility index (Phi) is 5.33. The number of ether oxygens (including phenoxy) is 2. The third-order valence-corrected chi connectivity index (χ3v) is 5.24. The lowest BCUT2D eigenvalue weighted by Crippen LogP contribution is -2.22. The maximum absolute atomic E-state index is 11.9. The first-order chi connectivity index (χ1) is 10.9. The van der Waals surface area contributed by atoms with Crippen LogP contribution in [0.5, 0.6) is 0 Å². The summed E-state index contributed by atoms with van der Waals surface area (Å²) in [6.07, 6.45) is 0.698. The third-order valence-electron chi connectivity index (χ3n) is 3.53. The van der Waals surface area contributed by atoms with Gasteiger partial charge in [0.15, 0.2) is 6.29 Å². The number of rotatable bonds is 7. The number of esters is 1. The lowest BCUT2D eigenvalue weighted by molar-refractivity contribution is 0.0602. The molecule has 0 amide bonds. The standard InChI is InChI=1S/C16H22N2O4Si/c1-21-16(20)12-6-5-7-13-15(12)14(10-19)18(17-13)11-22-8-9-23(2,3)4/h5-7,10H,8-9,11H2,1-4H3. The van der Waals surface area contributed by atoms with Crippen molar-refractivity contribution in [2.45, 2.75) is 32.4 Å². The Balaban J connectivity index is 2.28. The number of fused-ring (bicyclic) bond motifs is 1. The first-order valence-corrected chi connectivity index (χ1v) is 11.2. The van der Waals surface area contributed by atoms with Crippen LogP contribution in [0.2, 0.25) is 25.7 Å². The fourth-order valence-corrected chi connectivity index (χ4v) is 2.99. The van der Waals surface area contributed by atoms with Crippen LogP contribution < -0.4 is 0 Å². The summed E-state index contributed by atoms with van der Waals surface area (Å²) in [7, 11) is 0.148. The molecule has 0 aliphatic heterocycles. The number of methoxy groups -OCH3 is 1. The lowest BCUT2D eigenvalue weighted by atomic mass is 10.1. The van der Waals surface area contributed by atoms with Gasteiger partial charge in [-0.15, -0.1) is 0 Å². The molecule has 1 heterocycles. The number of hydrogen-bond donors (Lipinski definition) is 0. The Bertz CT molecular complexity index is 719. The number of carbonyl (C=O) groups excluding carboxylic acids is 2. The molecule has 0 aliphatic rings. The molecule has 0 fully saturated rings. The molecule has 6 nitrogen and oxygen atoms in total. The van der Waals surface area contributed by atoms with Crippen LogP contribution in [0, 0.1) is 0 Å². The zero-order valence-corrected chi connectivity index (χ0v) is 15.0. The van der Waals surface area contributed by atoms with Crippen LogP contribution in [0.15, 0.2) is 18.2 Å². The third kappa shape index (κ3) is 4.05. The largest absolute Gasteiger partial charge is 0.465 e. The molecule has 0 N–H and O–H groups in total. The molecule has 0 saturated carbocycles. The van der Waals surface area contributed by atoms with Gasteiger partial charge < -0.3 is 9.47 Å². The summed E-state index contributed by atoms with van der Waals surface area (Å²) >= 11 is 0. The summed E-state index contributed by atoms with van der Waals surface area (Å²) in [5.41, 5.74) is 1.23. The molecule has 0 atom stereocenters. The number of nitrogens with zero attached hydrogens (tertiary/aromatic N) is 2. The zero-order valence-electron chi connectivity index (χ0n) is 14.0. The molecule has 124 valence electrons. The van der Waals surface area contributed by atoms with Crippen molar-refractivity contribution in [2.75, 3.05) is 13.7 Å². The van der Waals surface area contributed by atoms with Gasteiger partial charge in [0.25, 0.3) is 0 Å². The van der Waals surface area contributed by atoms with Crippen LogP contribution in [0.4, 0.5) is 0 Å². The van der Waals surface area contributed by atoms with Crippen molar-refractivity contribution in [1.82, 2.24) is 9.78 Å². The first-order valence-electron chi connectivity index (χ1n) is 7.48. The van der Waals surface area contributed by atoms with Crippen molar-refractivity contribution in [3.8, 4) is 0 Å². The van der Waals surface area contributed by atoms with E-state index in [1.807, 2.05) is 0 Å². The Morgan fingerprint density at radius 1 is 1.35 bits per heavy atom. The van der Waals surface area contributed by atoms with Gasteiger partial charge in [-0.25, -0.2) is 9.48 Å². The minimum Gasteiger partial charge on any atom is -0.465 e. The van der Waals surface area contributed by atoms with Crippen molar-refractivity contribution >= 4 is 31.2 Å². The van der Waals surface area contributed by atoms with E-state index in [1.165, 1.54) is 11.8 Å². The van der Waals surface area contributed by atoms with Gasteiger partial charge in [0, 0.05) is 20.1 Å². The van der Waals surface area contributed by atoms with Gasteiger partial charge in [-0.1, -0.05) is 25.7 Å². The van der Waals surface area contributed by atoms with Crippen molar-refractivity contribution in [3.05, 3.63) is 29.5 Å². The molecule has 0 unspecified atom stereocenters. The van der Waals surface area contributed by atoms with Gasteiger partial charge in [0.05, 0.1) is 18.2 Å². The van der Waals surface area contributed by atoms with E-state index in [1.54, 1.807) is 18.2 Å². The van der Waals surface area contributed by atoms with Crippen LogP contribution in [0.3, 0.4) is 0 Å². The van der Waals surface area contributed by atoms with Crippen LogP contribution in [-0.2, 0) is 16.2 Å². The summed E-state index contributed by atoms with van der Waals surface area (Å²) in [6, 6.07) is 6.14. The predicted octanol–water partition coefficient (Wildman–Crippen LogP) is 2.95. The molecule has 2 rings (SSSR count). The highest BCUT2D eigenvalue weighted by molar-refractivity contribution is 6.76. The van der Waals surface area contributed by atoms with E-state index in [4.69, 9.17) is 9.47 Å². The molecule has 1 aromatic heterocycles. The van der Waals surface area contributed by atoms with Gasteiger partial charge in [-0.3, -0.25) is 4.79 Å². The zero-order chi connectivity index (χ0) is 17.0. The van der Waals surface area contributed by atoms with Gasteiger partial charge in [-0.2, -0.15) is 5.10 Å². The van der Waals surface area contributed by atoms with Crippen LogP contribution in [0.25, 0.3) is 10.9 Å². The second-order valence-electron chi connectivity index (χ2n) is 6.54. The fraction of sp³-hybridized carbons (Fsp3) is 0.438. The predicted molar refractivity (Wildman–Crippen MR) is 90.6 cm³/mol. The van der Waals surface area contributed by atoms with E-state index in [0.29, 0.717) is 35.1 Å². The SMILES string of the molecule is COC(=O)c1cccc2nn(COCC[Si](C)(C)C)c(C=O)c12. The second kappa shape index (κ2) is 7.06. The van der Waals surface area contributed by atoms with E-state index < -0.39 is 14.0 Å². The average molecular weight is 334 g/mol. The fourth-order valence-electron chi connectivity index (χ4n) is 2.23. The molecule has 0 radical (unpaired) electrons. The maximum Gasteiger partial charge on any atom is 0.338 e. The quantitative estimate of drug-likeness (QED) is 0.337. The van der Waals surface area contributed by atoms with Crippen LogP contribution in [-0.4, -0.2) is 43.8 Å². The monoisotopic (exact) mass is 334 g/mol. The molecule has 0 aliphatic carbocycles. The molecular formula is C16H22N2O4Si. The van der Waals surface area contributed by atoms with E-state index in [0.717, 1.165) is 6.04 Å². The summed E-state index contributed by atoms with van der Waals surface area (Å²) < 4.78 is 11.9. The molecule has 23 heavy (non-hydrogen) atoms. The average Bonchev–Trinajstić information content (AvgIpc) is 2.87. The van der Waals surface area contributed by atoms with E-state index in [9.17, 15) is 9.59 Å². The van der Waals surface area contributed by atoms with E-state index in [2.05, 4.69) is 24.7 Å². The number of hydrogen-bond acceptors (Lipinski definition) is 5. The highest BCUT2D eigenvalue weighted by Gasteiger charge is 2.19. The van der Waals surface area contributed by atoms with Crippen LogP contribution >= 0.6 is 0 Å². The Labute approximate surface area is 136 Å². The van der Waals surface area contributed by atoms with Crippen molar-refractivity contribution in [1.29, 1.82) is 0 Å². The number of carbonyl (C=O) groups is 2. The molecular weight excluding hydrogens is 312 g/mol. The summed E-state index contributed by atoms with van der Waals surface area (Å²) in [6.45, 7) is 7.65. The lowest BCUT2D eigenvalue weighted by Gasteiger charge is -2.15. The number of aromatic nitrogens is 2. The Morgan fingerprint density at radius 3 is 2.70 bits per heavy atom. The topological polar surface area (TPSA) is 70.4 Å². The molecule has 0 spiro atoms. The molecule has 7 heteroatoms. The van der Waals surface area contributed by atoms with Crippen molar-refractivity contribution in [3.63, 3.8) is 0 Å². The Hall–Kier alpha value is -1.99. The number of aldehydes is 1. The number of benzene rings is 1. The molecule has 1 aromatic carbocycles. The Morgan fingerprint density at radius 2 is 2.09 bits per heavy atom. The van der Waals surface area contributed by atoms with Gasteiger partial charge in [-0.05, 0) is 18.2 Å². The van der Waals surface area contributed by atoms with Crippen molar-refractivity contribution < 1.29 is 19.1 Å². The molecule has 0 saturated heterocycles. The maximum atomic E-state index is 11.9. The second-order valence-corrected chi connectivity index (χ2v) is 12.2. The summed E-state index contributed by atoms with van der Waals surface area (Å²) in [5, 5.41) is 4.86. The summed E-state index contributed by atoms with van der Waals surface area (Å²) in [5.74, 6) is -0.488. The van der Waals surface area contributed by atoms with Gasteiger partial charge >= 0.3 is 5.97 Å². The smallest absolute Gasteiger partial charge is 0.338 e. The van der Waals surface area contributed by atoms with Gasteiger partial charge in [0.2, 0.25) is 0 Å². The minimum absolute atomic E-state index is 0.188.